The zero-order valence-corrected chi connectivity index (χ0v) is 15.4. The monoisotopic (exact) mass is 372 g/mol. The van der Waals surface area contributed by atoms with Crippen LogP contribution in [-0.2, 0) is 9.59 Å². The van der Waals surface area contributed by atoms with Gasteiger partial charge in [-0.3, -0.25) is 14.5 Å². The topological polar surface area (TPSA) is 73.8 Å². The number of piperidine rings is 1. The van der Waals surface area contributed by atoms with Crippen molar-refractivity contribution in [1.82, 2.24) is 19.7 Å². The molecule has 0 spiro atoms. The number of rotatable bonds is 3. The standard InChI is InChI=1S/C18H20N4O3S/c1-20-10-16(24)22(18(20)25)11-15(23)21-8-4-5-12(9-21)17-19-13-6-2-3-7-14(13)26-17/h2-3,6-7,12H,4-5,8-11H2,1H3. The van der Waals surface area contributed by atoms with Crippen molar-refractivity contribution in [2.75, 3.05) is 33.2 Å². The lowest BCUT2D eigenvalue weighted by molar-refractivity contribution is -0.137. The molecule has 2 fully saturated rings. The van der Waals surface area contributed by atoms with Crippen LogP contribution in [0.4, 0.5) is 4.79 Å². The number of imide groups is 1. The number of carbonyl (C=O) groups is 3. The zero-order chi connectivity index (χ0) is 18.3. The van der Waals surface area contributed by atoms with Crippen molar-refractivity contribution in [3.05, 3.63) is 29.3 Å². The normalized spacial score (nSPS) is 21.1. The van der Waals surface area contributed by atoms with Crippen LogP contribution in [0.3, 0.4) is 0 Å². The van der Waals surface area contributed by atoms with Crippen LogP contribution in [0.2, 0.25) is 0 Å². The number of urea groups is 1. The first-order chi connectivity index (χ1) is 12.5. The number of aromatic nitrogens is 1. The predicted molar refractivity (Wildman–Crippen MR) is 97.9 cm³/mol. The number of hydrogen-bond acceptors (Lipinski definition) is 5. The Labute approximate surface area is 155 Å². The molecule has 0 N–H and O–H groups in total. The average molecular weight is 372 g/mol. The minimum Gasteiger partial charge on any atom is -0.340 e. The van der Waals surface area contributed by atoms with E-state index in [4.69, 9.17) is 4.98 Å². The van der Waals surface area contributed by atoms with Gasteiger partial charge in [0.1, 0.15) is 13.1 Å². The number of carbonyl (C=O) groups excluding carboxylic acids is 3. The van der Waals surface area contributed by atoms with Crippen LogP contribution in [0.15, 0.2) is 24.3 Å². The lowest BCUT2D eigenvalue weighted by Gasteiger charge is -2.32. The van der Waals surface area contributed by atoms with Gasteiger partial charge in [-0.25, -0.2) is 9.78 Å². The second-order valence-corrected chi connectivity index (χ2v) is 7.88. The Morgan fingerprint density at radius 1 is 1.31 bits per heavy atom. The van der Waals surface area contributed by atoms with Crippen LogP contribution in [-0.4, -0.2) is 70.8 Å². The van der Waals surface area contributed by atoms with Crippen molar-refractivity contribution in [2.24, 2.45) is 0 Å². The fourth-order valence-corrected chi connectivity index (χ4v) is 4.62. The molecule has 7 nitrogen and oxygen atoms in total. The zero-order valence-electron chi connectivity index (χ0n) is 14.6. The number of nitrogens with zero attached hydrogens (tertiary/aromatic N) is 4. The number of likely N-dealkylation sites (tertiary alicyclic amines) is 1. The van der Waals surface area contributed by atoms with Crippen LogP contribution in [0.1, 0.15) is 23.8 Å². The van der Waals surface area contributed by atoms with Crippen molar-refractivity contribution in [3.8, 4) is 0 Å². The third-order valence-electron chi connectivity index (χ3n) is 4.96. The SMILES string of the molecule is CN1CC(=O)N(CC(=O)N2CCCC(c3nc4ccccc4s3)C2)C1=O. The Bertz CT molecular complexity index is 847. The third kappa shape index (κ3) is 3.05. The number of hydrogen-bond donors (Lipinski definition) is 0. The molecular weight excluding hydrogens is 352 g/mol. The number of para-hydroxylation sites is 1. The maximum absolute atomic E-state index is 12.6. The number of thiazole rings is 1. The van der Waals surface area contributed by atoms with E-state index < -0.39 is 6.03 Å². The molecule has 136 valence electrons. The van der Waals surface area contributed by atoms with Crippen LogP contribution in [0, 0.1) is 0 Å². The molecule has 2 aliphatic heterocycles. The fourth-order valence-electron chi connectivity index (χ4n) is 3.53. The van der Waals surface area contributed by atoms with E-state index in [-0.39, 0.29) is 30.8 Å². The molecule has 0 bridgehead atoms. The summed E-state index contributed by atoms with van der Waals surface area (Å²) < 4.78 is 1.15. The van der Waals surface area contributed by atoms with E-state index in [1.807, 2.05) is 18.2 Å². The van der Waals surface area contributed by atoms with Crippen molar-refractivity contribution in [3.63, 3.8) is 0 Å². The van der Waals surface area contributed by atoms with Gasteiger partial charge < -0.3 is 9.80 Å². The number of amides is 4. The van der Waals surface area contributed by atoms with Crippen molar-refractivity contribution in [1.29, 1.82) is 0 Å². The van der Waals surface area contributed by atoms with Gasteiger partial charge >= 0.3 is 6.03 Å². The first-order valence-electron chi connectivity index (χ1n) is 8.71. The molecule has 4 rings (SSSR count). The van der Waals surface area contributed by atoms with Crippen LogP contribution >= 0.6 is 11.3 Å². The Morgan fingerprint density at radius 2 is 2.12 bits per heavy atom. The van der Waals surface area contributed by atoms with Crippen molar-refractivity contribution >= 4 is 39.4 Å². The molecular formula is C18H20N4O3S. The van der Waals surface area contributed by atoms with E-state index in [2.05, 4.69) is 6.07 Å². The summed E-state index contributed by atoms with van der Waals surface area (Å²) in [5.74, 6) is -0.281. The van der Waals surface area contributed by atoms with Gasteiger partial charge in [-0.05, 0) is 25.0 Å². The maximum Gasteiger partial charge on any atom is 0.327 e. The highest BCUT2D eigenvalue weighted by atomic mass is 32.1. The number of benzene rings is 1. The van der Waals surface area contributed by atoms with Crippen LogP contribution in [0.25, 0.3) is 10.2 Å². The fraction of sp³-hybridized carbons (Fsp3) is 0.444. The summed E-state index contributed by atoms with van der Waals surface area (Å²) in [6.07, 6.45) is 1.89. The van der Waals surface area contributed by atoms with E-state index in [1.54, 1.807) is 23.3 Å². The third-order valence-corrected chi connectivity index (χ3v) is 6.16. The smallest absolute Gasteiger partial charge is 0.327 e. The largest absolute Gasteiger partial charge is 0.340 e. The van der Waals surface area contributed by atoms with E-state index >= 15 is 0 Å². The Kier molecular flexibility index (Phi) is 4.36. The molecule has 2 aliphatic rings. The van der Waals surface area contributed by atoms with Crippen LogP contribution in [0.5, 0.6) is 0 Å². The lowest BCUT2D eigenvalue weighted by Crippen LogP contribution is -2.46. The molecule has 1 atom stereocenters. The van der Waals surface area contributed by atoms with E-state index in [0.29, 0.717) is 13.1 Å². The average Bonchev–Trinajstić information content (AvgIpc) is 3.18. The maximum atomic E-state index is 12.6. The molecule has 0 aliphatic carbocycles. The van der Waals surface area contributed by atoms with Crippen LogP contribution < -0.4 is 0 Å². The first-order valence-corrected chi connectivity index (χ1v) is 9.53. The molecule has 2 aromatic rings. The van der Waals surface area contributed by atoms with Gasteiger partial charge in [0, 0.05) is 26.1 Å². The van der Waals surface area contributed by atoms with E-state index in [0.717, 1.165) is 33.0 Å². The summed E-state index contributed by atoms with van der Waals surface area (Å²) in [7, 11) is 1.56. The predicted octanol–water partition coefficient (Wildman–Crippen LogP) is 1.90. The van der Waals surface area contributed by atoms with Gasteiger partial charge in [-0.1, -0.05) is 12.1 Å². The lowest BCUT2D eigenvalue weighted by atomic mass is 9.98. The summed E-state index contributed by atoms with van der Waals surface area (Å²) in [6, 6.07) is 7.64. The summed E-state index contributed by atoms with van der Waals surface area (Å²) >= 11 is 1.68. The molecule has 2 saturated heterocycles. The Hall–Kier alpha value is -2.48. The molecule has 4 amide bonds. The van der Waals surface area contributed by atoms with Gasteiger partial charge in [0.2, 0.25) is 5.91 Å². The highest BCUT2D eigenvalue weighted by molar-refractivity contribution is 7.18. The Balaban J connectivity index is 1.45. The molecule has 1 aromatic carbocycles. The molecule has 3 heterocycles. The highest BCUT2D eigenvalue weighted by Crippen LogP contribution is 2.33. The molecule has 26 heavy (non-hydrogen) atoms. The van der Waals surface area contributed by atoms with Gasteiger partial charge in [0.05, 0.1) is 15.2 Å². The number of fused-ring (bicyclic) bond motifs is 1. The summed E-state index contributed by atoms with van der Waals surface area (Å²) in [5.41, 5.74) is 0.993. The minimum absolute atomic E-state index is 0.0421. The van der Waals surface area contributed by atoms with E-state index in [9.17, 15) is 14.4 Å². The molecule has 0 saturated carbocycles. The molecule has 0 radical (unpaired) electrons. The first kappa shape index (κ1) is 17.0. The van der Waals surface area contributed by atoms with Gasteiger partial charge in [0.25, 0.3) is 5.91 Å². The molecule has 8 heteroatoms. The Morgan fingerprint density at radius 3 is 2.85 bits per heavy atom. The van der Waals surface area contributed by atoms with E-state index in [1.165, 1.54) is 4.90 Å². The highest BCUT2D eigenvalue weighted by Gasteiger charge is 2.36. The minimum atomic E-state index is -0.400. The summed E-state index contributed by atoms with van der Waals surface area (Å²) in [5, 5.41) is 1.05. The van der Waals surface area contributed by atoms with Gasteiger partial charge in [-0.2, -0.15) is 0 Å². The van der Waals surface area contributed by atoms with Gasteiger partial charge in [-0.15, -0.1) is 11.3 Å². The second-order valence-electron chi connectivity index (χ2n) is 6.82. The van der Waals surface area contributed by atoms with Crippen molar-refractivity contribution < 1.29 is 14.4 Å². The summed E-state index contributed by atoms with van der Waals surface area (Å²) in [6.45, 7) is 1.12. The summed E-state index contributed by atoms with van der Waals surface area (Å²) in [4.78, 5) is 45.4. The molecule has 1 aromatic heterocycles. The second kappa shape index (κ2) is 6.68. The van der Waals surface area contributed by atoms with Crippen molar-refractivity contribution in [2.45, 2.75) is 18.8 Å². The quantitative estimate of drug-likeness (QED) is 0.772. The van der Waals surface area contributed by atoms with Gasteiger partial charge in [0.15, 0.2) is 0 Å². The number of likely N-dealkylation sites (N-methyl/N-ethyl adjacent to an activating group) is 1. The molecule has 1 unspecified atom stereocenters.